The summed E-state index contributed by atoms with van der Waals surface area (Å²) in [6.45, 7) is 4.90. The second-order valence-corrected chi connectivity index (χ2v) is 4.80. The number of piperazine rings is 1. The molecule has 1 N–H and O–H groups in total. The number of pyridine rings is 1. The number of nitrogens with zero attached hydrogens (tertiary/aromatic N) is 3. The minimum absolute atomic E-state index is 0. The fraction of sp³-hybridized carbons (Fsp3) is 0.455. The third kappa shape index (κ3) is 3.09. The topological polar surface area (TPSA) is 52.0 Å². The summed E-state index contributed by atoms with van der Waals surface area (Å²) in [5.74, 6) is 0.791. The van der Waals surface area contributed by atoms with Crippen LogP contribution < -0.4 is 10.2 Å². The Labute approximate surface area is 116 Å². The maximum absolute atomic E-state index is 9.11. The molecule has 1 aromatic rings. The van der Waals surface area contributed by atoms with Crippen LogP contribution in [-0.2, 0) is 0 Å². The lowest BCUT2D eigenvalue weighted by Gasteiger charge is -2.35. The van der Waals surface area contributed by atoms with E-state index in [-0.39, 0.29) is 12.4 Å². The van der Waals surface area contributed by atoms with E-state index in [0.717, 1.165) is 29.9 Å². The molecule has 0 spiro atoms. The highest BCUT2D eigenvalue weighted by atomic mass is 79.9. The van der Waals surface area contributed by atoms with Gasteiger partial charge in [-0.3, -0.25) is 0 Å². The average molecular weight is 318 g/mol. The minimum atomic E-state index is 0. The van der Waals surface area contributed by atoms with E-state index in [9.17, 15) is 0 Å². The van der Waals surface area contributed by atoms with Crippen molar-refractivity contribution >= 4 is 34.2 Å². The molecular weight excluding hydrogens is 304 g/mol. The molecule has 6 heteroatoms. The van der Waals surface area contributed by atoms with Crippen LogP contribution in [0.1, 0.15) is 12.5 Å². The molecule has 0 radical (unpaired) electrons. The van der Waals surface area contributed by atoms with E-state index in [4.69, 9.17) is 5.26 Å². The molecular formula is C11H14BrClN4. The molecule has 0 unspecified atom stereocenters. The smallest absolute Gasteiger partial charge is 0.146 e. The summed E-state index contributed by atoms with van der Waals surface area (Å²) in [6.07, 6.45) is 1.74. The van der Waals surface area contributed by atoms with Gasteiger partial charge in [0.15, 0.2) is 0 Å². The van der Waals surface area contributed by atoms with Crippen molar-refractivity contribution in [2.45, 2.75) is 13.0 Å². The number of hydrogen-bond donors (Lipinski definition) is 1. The van der Waals surface area contributed by atoms with Gasteiger partial charge in [0.2, 0.25) is 0 Å². The van der Waals surface area contributed by atoms with Gasteiger partial charge in [0.25, 0.3) is 0 Å². The molecule has 0 saturated carbocycles. The zero-order valence-corrected chi connectivity index (χ0v) is 11.9. The van der Waals surface area contributed by atoms with E-state index in [0.29, 0.717) is 11.6 Å². The maximum Gasteiger partial charge on any atom is 0.146 e. The molecule has 92 valence electrons. The number of nitriles is 1. The summed E-state index contributed by atoms with van der Waals surface area (Å²) in [6, 6.07) is 4.39. The molecule has 0 amide bonds. The first-order chi connectivity index (χ1) is 7.72. The Bertz CT molecular complexity index is 432. The Morgan fingerprint density at radius 3 is 3.06 bits per heavy atom. The van der Waals surface area contributed by atoms with Crippen LogP contribution >= 0.6 is 28.3 Å². The van der Waals surface area contributed by atoms with Crippen LogP contribution in [0.15, 0.2) is 16.7 Å². The molecule has 1 aliphatic rings. The molecule has 1 aromatic heterocycles. The quantitative estimate of drug-likeness (QED) is 0.860. The molecule has 0 aliphatic carbocycles. The van der Waals surface area contributed by atoms with Gasteiger partial charge in [-0.25, -0.2) is 4.98 Å². The highest BCUT2D eigenvalue weighted by molar-refractivity contribution is 9.10. The minimum Gasteiger partial charge on any atom is -0.350 e. The Morgan fingerprint density at radius 1 is 1.65 bits per heavy atom. The van der Waals surface area contributed by atoms with Crippen molar-refractivity contribution in [3.05, 3.63) is 22.3 Å². The van der Waals surface area contributed by atoms with Gasteiger partial charge < -0.3 is 10.2 Å². The van der Waals surface area contributed by atoms with Crippen molar-refractivity contribution in [3.8, 4) is 6.07 Å². The van der Waals surface area contributed by atoms with Crippen LogP contribution in [0.5, 0.6) is 0 Å². The van der Waals surface area contributed by atoms with E-state index in [2.05, 4.69) is 44.1 Å². The first-order valence-electron chi connectivity index (χ1n) is 5.25. The standard InChI is InChI=1S/C11H13BrN4.ClH/c1-8-6-14-2-3-16(8)11-9(5-13)4-10(12)7-15-11;/h4,7-8,14H,2-3,6H2,1H3;1H/t8-;/m0./s1. The monoisotopic (exact) mass is 316 g/mol. The lowest BCUT2D eigenvalue weighted by molar-refractivity contribution is 0.497. The van der Waals surface area contributed by atoms with E-state index in [1.165, 1.54) is 0 Å². The van der Waals surface area contributed by atoms with Crippen molar-refractivity contribution in [2.75, 3.05) is 24.5 Å². The lowest BCUT2D eigenvalue weighted by Crippen LogP contribution is -2.50. The van der Waals surface area contributed by atoms with E-state index < -0.39 is 0 Å². The normalized spacial score (nSPS) is 19.4. The number of hydrogen-bond acceptors (Lipinski definition) is 4. The fourth-order valence-electron chi connectivity index (χ4n) is 1.90. The van der Waals surface area contributed by atoms with Crippen LogP contribution in [-0.4, -0.2) is 30.7 Å². The average Bonchev–Trinajstić information content (AvgIpc) is 2.30. The van der Waals surface area contributed by atoms with Crippen LogP contribution in [0.2, 0.25) is 0 Å². The number of rotatable bonds is 1. The summed E-state index contributed by atoms with van der Waals surface area (Å²) < 4.78 is 0.843. The van der Waals surface area contributed by atoms with Crippen LogP contribution in [0.25, 0.3) is 0 Å². The Kier molecular flexibility index (Phi) is 5.19. The number of nitrogens with one attached hydrogen (secondary N) is 1. The van der Waals surface area contributed by atoms with E-state index >= 15 is 0 Å². The Morgan fingerprint density at radius 2 is 2.41 bits per heavy atom. The zero-order chi connectivity index (χ0) is 11.5. The van der Waals surface area contributed by atoms with Crippen molar-refractivity contribution < 1.29 is 0 Å². The maximum atomic E-state index is 9.11. The van der Waals surface area contributed by atoms with Crippen molar-refractivity contribution in [1.82, 2.24) is 10.3 Å². The van der Waals surface area contributed by atoms with Crippen molar-refractivity contribution in [2.24, 2.45) is 0 Å². The van der Waals surface area contributed by atoms with Gasteiger partial charge in [0, 0.05) is 36.3 Å². The molecule has 2 rings (SSSR count). The highest BCUT2D eigenvalue weighted by Crippen LogP contribution is 2.23. The van der Waals surface area contributed by atoms with Crippen LogP contribution in [0.3, 0.4) is 0 Å². The summed E-state index contributed by atoms with van der Waals surface area (Å²) in [5.41, 5.74) is 0.628. The van der Waals surface area contributed by atoms with Gasteiger partial charge in [-0.2, -0.15) is 5.26 Å². The number of halogens is 2. The van der Waals surface area contributed by atoms with Gasteiger partial charge >= 0.3 is 0 Å². The van der Waals surface area contributed by atoms with Gasteiger partial charge in [-0.05, 0) is 28.9 Å². The number of aromatic nitrogens is 1. The van der Waals surface area contributed by atoms with Crippen molar-refractivity contribution in [3.63, 3.8) is 0 Å². The Hall–Kier alpha value is -0.830. The van der Waals surface area contributed by atoms with E-state index in [1.54, 1.807) is 6.20 Å². The van der Waals surface area contributed by atoms with E-state index in [1.807, 2.05) is 6.07 Å². The summed E-state index contributed by atoms with van der Waals surface area (Å²) in [5, 5.41) is 12.4. The van der Waals surface area contributed by atoms with Crippen LogP contribution in [0.4, 0.5) is 5.82 Å². The van der Waals surface area contributed by atoms with Crippen LogP contribution in [0, 0.1) is 11.3 Å². The highest BCUT2D eigenvalue weighted by Gasteiger charge is 2.21. The second-order valence-electron chi connectivity index (χ2n) is 3.88. The van der Waals surface area contributed by atoms with Gasteiger partial charge in [-0.15, -0.1) is 12.4 Å². The first-order valence-corrected chi connectivity index (χ1v) is 6.04. The molecule has 1 atom stereocenters. The summed E-state index contributed by atoms with van der Waals surface area (Å²) in [4.78, 5) is 6.53. The summed E-state index contributed by atoms with van der Waals surface area (Å²) >= 11 is 3.33. The van der Waals surface area contributed by atoms with Gasteiger partial charge in [-0.1, -0.05) is 0 Å². The molecule has 0 bridgehead atoms. The second kappa shape index (κ2) is 6.20. The molecule has 17 heavy (non-hydrogen) atoms. The zero-order valence-electron chi connectivity index (χ0n) is 9.48. The molecule has 1 saturated heterocycles. The molecule has 4 nitrogen and oxygen atoms in total. The molecule has 2 heterocycles. The fourth-order valence-corrected chi connectivity index (χ4v) is 2.23. The van der Waals surface area contributed by atoms with Crippen molar-refractivity contribution in [1.29, 1.82) is 5.26 Å². The molecule has 1 fully saturated rings. The third-order valence-electron chi connectivity index (χ3n) is 2.73. The molecule has 0 aromatic carbocycles. The SMILES string of the molecule is C[C@H]1CNCCN1c1ncc(Br)cc1C#N.Cl. The lowest BCUT2D eigenvalue weighted by atomic mass is 10.2. The van der Waals surface area contributed by atoms with Gasteiger partial charge in [0.05, 0.1) is 5.56 Å². The number of anilines is 1. The predicted octanol–water partition coefficient (Wildman–Crippen LogP) is 1.94. The molecule has 1 aliphatic heterocycles. The first kappa shape index (κ1) is 14.2. The Balaban J connectivity index is 0.00000144. The third-order valence-corrected chi connectivity index (χ3v) is 3.16. The van der Waals surface area contributed by atoms with Gasteiger partial charge in [0.1, 0.15) is 11.9 Å². The predicted molar refractivity (Wildman–Crippen MR) is 73.6 cm³/mol. The largest absolute Gasteiger partial charge is 0.350 e. The summed E-state index contributed by atoms with van der Waals surface area (Å²) in [7, 11) is 0.